The smallest absolute Gasteiger partial charge is 0.253 e. The number of nitrogens with one attached hydrogen (secondary N) is 1. The molecule has 3 heterocycles. The molecule has 1 atom stereocenters. The first-order valence-corrected chi connectivity index (χ1v) is 7.11. The molecule has 1 unspecified atom stereocenters. The van der Waals surface area contributed by atoms with Crippen molar-refractivity contribution in [1.82, 2.24) is 15.2 Å². The van der Waals surface area contributed by atoms with E-state index in [0.717, 1.165) is 32.7 Å². The summed E-state index contributed by atoms with van der Waals surface area (Å²) in [6, 6.07) is 4.01. The lowest BCUT2D eigenvalue weighted by molar-refractivity contribution is -0.145. The predicted octanol–water partition coefficient (Wildman–Crippen LogP) is -0.281. The lowest BCUT2D eigenvalue weighted by Gasteiger charge is -2.38. The number of carbonyl (C=O) groups is 1. The Morgan fingerprint density at radius 1 is 1.25 bits per heavy atom. The van der Waals surface area contributed by atoms with E-state index in [2.05, 4.69) is 15.2 Å². The number of nitrogens with zero attached hydrogens (tertiary/aromatic N) is 3. The zero-order chi connectivity index (χ0) is 13.8. The number of anilines is 1. The van der Waals surface area contributed by atoms with Crippen LogP contribution in [0.5, 0.6) is 0 Å². The molecule has 2 fully saturated rings. The van der Waals surface area contributed by atoms with Gasteiger partial charge in [-0.2, -0.15) is 0 Å². The molecule has 2 saturated heterocycles. The first kappa shape index (κ1) is 13.3. The third-order valence-electron chi connectivity index (χ3n) is 3.82. The van der Waals surface area contributed by atoms with E-state index < -0.39 is 0 Å². The van der Waals surface area contributed by atoms with Crippen LogP contribution in [0.25, 0.3) is 0 Å². The number of hydrogen-bond donors (Lipinski definition) is 1. The Bertz CT molecular complexity index is 440. The van der Waals surface area contributed by atoms with Gasteiger partial charge in [0.15, 0.2) is 0 Å². The molecule has 20 heavy (non-hydrogen) atoms. The zero-order valence-corrected chi connectivity index (χ0v) is 11.5. The van der Waals surface area contributed by atoms with Crippen LogP contribution in [-0.2, 0) is 9.53 Å². The molecule has 2 aliphatic rings. The molecule has 1 amide bonds. The van der Waals surface area contributed by atoms with Crippen molar-refractivity contribution in [3.05, 3.63) is 24.5 Å². The number of rotatable bonds is 2. The number of carbonyl (C=O) groups excluding carboxylic acids is 1. The Hall–Kier alpha value is -1.66. The fraction of sp³-hybridized carbons (Fsp3) is 0.571. The van der Waals surface area contributed by atoms with Crippen LogP contribution in [0.1, 0.15) is 0 Å². The number of amides is 1. The van der Waals surface area contributed by atoms with Gasteiger partial charge in [0.05, 0.1) is 6.61 Å². The predicted molar refractivity (Wildman–Crippen MR) is 75.6 cm³/mol. The Labute approximate surface area is 118 Å². The first-order valence-electron chi connectivity index (χ1n) is 7.11. The second-order valence-corrected chi connectivity index (χ2v) is 5.08. The highest BCUT2D eigenvalue weighted by Gasteiger charge is 2.29. The summed E-state index contributed by atoms with van der Waals surface area (Å²) in [5, 5.41) is 3.20. The van der Waals surface area contributed by atoms with Crippen molar-refractivity contribution in [3.8, 4) is 0 Å². The molecule has 0 aliphatic carbocycles. The van der Waals surface area contributed by atoms with Crippen LogP contribution in [0.3, 0.4) is 0 Å². The van der Waals surface area contributed by atoms with Gasteiger partial charge in [-0.05, 0) is 12.1 Å². The van der Waals surface area contributed by atoms with E-state index in [0.29, 0.717) is 13.2 Å². The fourth-order valence-corrected chi connectivity index (χ4v) is 2.67. The summed E-state index contributed by atoms with van der Waals surface area (Å²) >= 11 is 0. The minimum Gasteiger partial charge on any atom is -0.368 e. The number of aromatic nitrogens is 1. The van der Waals surface area contributed by atoms with Gasteiger partial charge in [0, 0.05) is 57.3 Å². The Balaban J connectivity index is 1.54. The van der Waals surface area contributed by atoms with Crippen molar-refractivity contribution in [3.63, 3.8) is 0 Å². The third kappa shape index (κ3) is 2.91. The highest BCUT2D eigenvalue weighted by Crippen LogP contribution is 2.15. The van der Waals surface area contributed by atoms with E-state index in [1.54, 1.807) is 12.4 Å². The van der Waals surface area contributed by atoms with Gasteiger partial charge in [-0.25, -0.2) is 0 Å². The largest absolute Gasteiger partial charge is 0.368 e. The summed E-state index contributed by atoms with van der Waals surface area (Å²) in [5.74, 6) is 0.117. The molecule has 0 aromatic carbocycles. The lowest BCUT2D eigenvalue weighted by atomic mass is 10.2. The van der Waals surface area contributed by atoms with E-state index in [9.17, 15) is 4.79 Å². The van der Waals surface area contributed by atoms with Crippen molar-refractivity contribution >= 4 is 11.6 Å². The lowest BCUT2D eigenvalue weighted by Crippen LogP contribution is -2.55. The standard InChI is InChI=1S/C14H20N4O2/c19-14(13-11-16-5-10-20-13)18-8-6-17(7-9-18)12-1-3-15-4-2-12/h1-4,13,16H,5-11H2. The van der Waals surface area contributed by atoms with Gasteiger partial charge in [-0.1, -0.05) is 0 Å². The molecule has 0 spiro atoms. The van der Waals surface area contributed by atoms with Gasteiger partial charge in [0.2, 0.25) is 0 Å². The summed E-state index contributed by atoms with van der Waals surface area (Å²) in [5.41, 5.74) is 1.17. The van der Waals surface area contributed by atoms with E-state index in [4.69, 9.17) is 4.74 Å². The number of pyridine rings is 1. The SMILES string of the molecule is O=C(C1CNCCO1)N1CCN(c2ccncc2)CC1. The van der Waals surface area contributed by atoms with Crippen molar-refractivity contribution in [2.75, 3.05) is 50.8 Å². The molecule has 6 nitrogen and oxygen atoms in total. The number of morpholine rings is 1. The molecule has 0 bridgehead atoms. The van der Waals surface area contributed by atoms with Crippen molar-refractivity contribution in [1.29, 1.82) is 0 Å². The molecular formula is C14H20N4O2. The molecular weight excluding hydrogens is 256 g/mol. The van der Waals surface area contributed by atoms with E-state index >= 15 is 0 Å². The number of ether oxygens (including phenoxy) is 1. The number of piperazine rings is 1. The quantitative estimate of drug-likeness (QED) is 0.805. The Morgan fingerprint density at radius 2 is 2.00 bits per heavy atom. The maximum absolute atomic E-state index is 12.3. The van der Waals surface area contributed by atoms with Gasteiger partial charge in [0.25, 0.3) is 5.91 Å². The molecule has 0 radical (unpaired) electrons. The average Bonchev–Trinajstić information content (AvgIpc) is 2.56. The zero-order valence-electron chi connectivity index (χ0n) is 11.5. The summed E-state index contributed by atoms with van der Waals surface area (Å²) in [7, 11) is 0. The van der Waals surface area contributed by atoms with Crippen LogP contribution >= 0.6 is 0 Å². The van der Waals surface area contributed by atoms with Gasteiger partial charge in [-0.15, -0.1) is 0 Å². The molecule has 1 N–H and O–H groups in total. The molecule has 1 aromatic rings. The molecule has 6 heteroatoms. The van der Waals surface area contributed by atoms with Crippen molar-refractivity contribution in [2.24, 2.45) is 0 Å². The molecule has 1 aromatic heterocycles. The van der Waals surface area contributed by atoms with Crippen molar-refractivity contribution < 1.29 is 9.53 Å². The van der Waals surface area contributed by atoms with Crippen LogP contribution in [0, 0.1) is 0 Å². The first-order chi connectivity index (χ1) is 9.84. The second kappa shape index (κ2) is 6.19. The van der Waals surface area contributed by atoms with Crippen LogP contribution < -0.4 is 10.2 Å². The fourth-order valence-electron chi connectivity index (χ4n) is 2.67. The summed E-state index contributed by atoms with van der Waals surface area (Å²) in [6.07, 6.45) is 3.29. The minimum atomic E-state index is -0.309. The maximum atomic E-state index is 12.3. The molecule has 108 valence electrons. The third-order valence-corrected chi connectivity index (χ3v) is 3.82. The summed E-state index contributed by atoms with van der Waals surface area (Å²) in [4.78, 5) is 20.6. The van der Waals surface area contributed by atoms with Gasteiger partial charge >= 0.3 is 0 Å². The summed E-state index contributed by atoms with van der Waals surface area (Å²) < 4.78 is 5.53. The van der Waals surface area contributed by atoms with Gasteiger partial charge < -0.3 is 19.9 Å². The van der Waals surface area contributed by atoms with Crippen LogP contribution in [0.4, 0.5) is 5.69 Å². The molecule has 2 aliphatic heterocycles. The Kier molecular flexibility index (Phi) is 4.13. The highest BCUT2D eigenvalue weighted by molar-refractivity contribution is 5.81. The topological polar surface area (TPSA) is 57.7 Å². The van der Waals surface area contributed by atoms with E-state index in [-0.39, 0.29) is 12.0 Å². The van der Waals surface area contributed by atoms with Gasteiger partial charge in [-0.3, -0.25) is 9.78 Å². The van der Waals surface area contributed by atoms with E-state index in [1.807, 2.05) is 17.0 Å². The minimum absolute atomic E-state index is 0.117. The number of hydrogen-bond acceptors (Lipinski definition) is 5. The average molecular weight is 276 g/mol. The maximum Gasteiger partial charge on any atom is 0.253 e. The van der Waals surface area contributed by atoms with E-state index in [1.165, 1.54) is 5.69 Å². The normalized spacial score (nSPS) is 23.7. The molecule has 3 rings (SSSR count). The highest BCUT2D eigenvalue weighted by atomic mass is 16.5. The van der Waals surface area contributed by atoms with Crippen LogP contribution in [0.15, 0.2) is 24.5 Å². The second-order valence-electron chi connectivity index (χ2n) is 5.08. The molecule has 0 saturated carbocycles. The van der Waals surface area contributed by atoms with Crippen molar-refractivity contribution in [2.45, 2.75) is 6.10 Å². The van der Waals surface area contributed by atoms with Crippen LogP contribution in [0.2, 0.25) is 0 Å². The monoisotopic (exact) mass is 276 g/mol. The van der Waals surface area contributed by atoms with Gasteiger partial charge in [0.1, 0.15) is 6.10 Å². The Morgan fingerprint density at radius 3 is 2.65 bits per heavy atom. The van der Waals surface area contributed by atoms with Crippen LogP contribution in [-0.4, -0.2) is 67.8 Å². The summed E-state index contributed by atoms with van der Waals surface area (Å²) in [6.45, 7) is 5.30.